The molecule has 0 saturated carbocycles. The first kappa shape index (κ1) is 23.3. The van der Waals surface area contributed by atoms with Crippen molar-refractivity contribution in [1.82, 2.24) is 10.2 Å². The number of imide groups is 1. The molecule has 7 heteroatoms. The van der Waals surface area contributed by atoms with Gasteiger partial charge in [0.1, 0.15) is 11.4 Å². The highest BCUT2D eigenvalue weighted by Crippen LogP contribution is 2.30. The first-order chi connectivity index (χ1) is 14.7. The molecule has 170 valence electrons. The zero-order valence-corrected chi connectivity index (χ0v) is 18.8. The maximum absolute atomic E-state index is 11.8. The highest BCUT2D eigenvalue weighted by molar-refractivity contribution is 5.99. The van der Waals surface area contributed by atoms with Gasteiger partial charge in [0.05, 0.1) is 0 Å². The summed E-state index contributed by atoms with van der Waals surface area (Å²) >= 11 is 0. The van der Waals surface area contributed by atoms with Crippen molar-refractivity contribution in [2.75, 3.05) is 19.6 Å². The van der Waals surface area contributed by atoms with Crippen LogP contribution in [0, 0.1) is 0 Å². The van der Waals surface area contributed by atoms with Gasteiger partial charge in [0, 0.05) is 19.3 Å². The fourth-order valence-corrected chi connectivity index (χ4v) is 4.10. The number of hydrogen-bond acceptors (Lipinski definition) is 6. The minimum atomic E-state index is -0.604. The van der Waals surface area contributed by atoms with Crippen LogP contribution in [-0.4, -0.2) is 54.0 Å². The van der Waals surface area contributed by atoms with Crippen LogP contribution in [0.3, 0.4) is 0 Å². The first-order valence-electron chi connectivity index (χ1n) is 11.2. The first-order valence-corrected chi connectivity index (χ1v) is 11.2. The fourth-order valence-electron chi connectivity index (χ4n) is 4.10. The zero-order valence-electron chi connectivity index (χ0n) is 18.8. The van der Waals surface area contributed by atoms with E-state index in [0.29, 0.717) is 30.9 Å². The summed E-state index contributed by atoms with van der Waals surface area (Å²) in [6, 6.07) is 7.96. The fraction of sp³-hybridized carbons (Fsp3) is 0.625. The molecule has 7 nitrogen and oxygen atoms in total. The number of esters is 1. The Kier molecular flexibility index (Phi) is 7.70. The summed E-state index contributed by atoms with van der Waals surface area (Å²) in [4.78, 5) is 37.3. The van der Waals surface area contributed by atoms with E-state index < -0.39 is 11.7 Å². The van der Waals surface area contributed by atoms with Crippen molar-refractivity contribution in [2.24, 2.45) is 0 Å². The van der Waals surface area contributed by atoms with Crippen molar-refractivity contribution < 1.29 is 23.9 Å². The van der Waals surface area contributed by atoms with Crippen LogP contribution < -0.4 is 10.1 Å². The van der Waals surface area contributed by atoms with Gasteiger partial charge >= 0.3 is 5.97 Å². The van der Waals surface area contributed by atoms with Gasteiger partial charge in [0.15, 0.2) is 6.10 Å². The number of carbonyl (C=O) groups excluding carboxylic acids is 3. The number of nitrogens with one attached hydrogen (secondary N) is 1. The molecule has 0 spiro atoms. The Morgan fingerprint density at radius 1 is 1.10 bits per heavy atom. The Bertz CT molecular complexity index is 776. The maximum atomic E-state index is 11.8. The van der Waals surface area contributed by atoms with Gasteiger partial charge in [-0.2, -0.15) is 0 Å². The number of piperidine rings is 2. The number of nitrogens with zero attached hydrogens (tertiary/aromatic N) is 1. The maximum Gasteiger partial charge on any atom is 0.306 e. The van der Waals surface area contributed by atoms with E-state index in [1.165, 1.54) is 5.56 Å². The molecular weight excluding hydrogens is 396 g/mol. The monoisotopic (exact) mass is 430 g/mol. The molecule has 0 radical (unpaired) electrons. The third-order valence-electron chi connectivity index (χ3n) is 5.68. The molecule has 2 saturated heterocycles. The molecule has 0 aliphatic carbocycles. The second-order valence-electron chi connectivity index (χ2n) is 9.43. The predicted molar refractivity (Wildman–Crippen MR) is 117 cm³/mol. The lowest BCUT2D eigenvalue weighted by atomic mass is 9.89. The molecule has 2 fully saturated rings. The van der Waals surface area contributed by atoms with Crippen LogP contribution in [0.4, 0.5) is 0 Å². The highest BCUT2D eigenvalue weighted by atomic mass is 16.6. The van der Waals surface area contributed by atoms with Gasteiger partial charge in [-0.1, -0.05) is 12.1 Å². The van der Waals surface area contributed by atoms with E-state index in [2.05, 4.69) is 22.3 Å². The minimum Gasteiger partial charge on any atom is -0.481 e. The molecule has 2 amide bonds. The Balaban J connectivity index is 1.39. The summed E-state index contributed by atoms with van der Waals surface area (Å²) in [5.74, 6) is 0.433. The van der Waals surface area contributed by atoms with Gasteiger partial charge < -0.3 is 14.4 Å². The van der Waals surface area contributed by atoms with Crippen LogP contribution in [0.1, 0.15) is 70.8 Å². The average Bonchev–Trinajstić information content (AvgIpc) is 2.70. The number of rotatable bonds is 7. The van der Waals surface area contributed by atoms with E-state index in [0.717, 1.165) is 38.9 Å². The number of amides is 2. The molecule has 3 rings (SSSR count). The SMILES string of the molecule is CC(C)(C)OC(=O)CCCN1CCC(c2ccc(OC3CCC(=O)NC3=O)cc2)CC1. The number of carbonyl (C=O) groups is 3. The Hall–Kier alpha value is -2.41. The van der Waals surface area contributed by atoms with Crippen LogP contribution in [0.15, 0.2) is 24.3 Å². The summed E-state index contributed by atoms with van der Waals surface area (Å²) in [5.41, 5.74) is 0.863. The molecule has 1 atom stereocenters. The van der Waals surface area contributed by atoms with Crippen molar-refractivity contribution in [3.8, 4) is 5.75 Å². The lowest BCUT2D eigenvalue weighted by molar-refractivity contribution is -0.155. The second-order valence-corrected chi connectivity index (χ2v) is 9.43. The Morgan fingerprint density at radius 3 is 2.39 bits per heavy atom. The molecular formula is C24H34N2O5. The predicted octanol–water partition coefficient (Wildman–Crippen LogP) is 3.17. The van der Waals surface area contributed by atoms with E-state index in [1.54, 1.807) is 0 Å². The summed E-state index contributed by atoms with van der Waals surface area (Å²) in [6.07, 6.45) is 3.58. The van der Waals surface area contributed by atoms with Crippen molar-refractivity contribution in [3.63, 3.8) is 0 Å². The normalized spacial score (nSPS) is 20.9. The number of ether oxygens (including phenoxy) is 2. The largest absolute Gasteiger partial charge is 0.481 e. The molecule has 2 aliphatic rings. The molecule has 1 N–H and O–H groups in total. The molecule has 1 aromatic rings. The van der Waals surface area contributed by atoms with Crippen molar-refractivity contribution in [1.29, 1.82) is 0 Å². The molecule has 1 unspecified atom stereocenters. The van der Waals surface area contributed by atoms with Gasteiger partial charge in [-0.3, -0.25) is 19.7 Å². The number of likely N-dealkylation sites (tertiary alicyclic amines) is 1. The van der Waals surface area contributed by atoms with Crippen LogP contribution in [0.2, 0.25) is 0 Å². The van der Waals surface area contributed by atoms with Crippen molar-refractivity contribution in [3.05, 3.63) is 29.8 Å². The molecule has 2 heterocycles. The third-order valence-corrected chi connectivity index (χ3v) is 5.68. The topological polar surface area (TPSA) is 84.9 Å². The van der Waals surface area contributed by atoms with E-state index in [4.69, 9.17) is 9.47 Å². The Morgan fingerprint density at radius 2 is 1.77 bits per heavy atom. The standard InChI is InChI=1S/C24H34N2O5/c1-24(2,3)31-22(28)5-4-14-26-15-12-18(13-16-26)17-6-8-19(9-7-17)30-20-10-11-21(27)25-23(20)29/h6-9,18,20H,4-5,10-16H2,1-3H3,(H,25,27,29). The smallest absolute Gasteiger partial charge is 0.306 e. The van der Waals surface area contributed by atoms with Gasteiger partial charge in [-0.05, 0) is 83.3 Å². The molecule has 0 aromatic heterocycles. The van der Waals surface area contributed by atoms with Gasteiger partial charge in [0.2, 0.25) is 5.91 Å². The summed E-state index contributed by atoms with van der Waals surface area (Å²) < 4.78 is 11.1. The van der Waals surface area contributed by atoms with Crippen molar-refractivity contribution >= 4 is 17.8 Å². The summed E-state index contributed by atoms with van der Waals surface area (Å²) in [5, 5.41) is 2.31. The van der Waals surface area contributed by atoms with Crippen LogP contribution in [-0.2, 0) is 19.1 Å². The van der Waals surface area contributed by atoms with E-state index in [-0.39, 0.29) is 17.8 Å². The summed E-state index contributed by atoms with van der Waals surface area (Å²) in [6.45, 7) is 8.64. The Labute approximate surface area is 184 Å². The zero-order chi connectivity index (χ0) is 22.4. The molecule has 31 heavy (non-hydrogen) atoms. The average molecular weight is 431 g/mol. The van der Waals surface area contributed by atoms with Crippen molar-refractivity contribution in [2.45, 2.75) is 76.9 Å². The van der Waals surface area contributed by atoms with E-state index in [9.17, 15) is 14.4 Å². The number of benzene rings is 1. The number of hydrogen-bond donors (Lipinski definition) is 1. The molecule has 1 aromatic carbocycles. The van der Waals surface area contributed by atoms with Gasteiger partial charge in [0.25, 0.3) is 5.91 Å². The lowest BCUT2D eigenvalue weighted by Gasteiger charge is -2.32. The van der Waals surface area contributed by atoms with Gasteiger partial charge in [-0.25, -0.2) is 0 Å². The van der Waals surface area contributed by atoms with Crippen LogP contribution in [0.25, 0.3) is 0 Å². The van der Waals surface area contributed by atoms with Crippen LogP contribution in [0.5, 0.6) is 5.75 Å². The van der Waals surface area contributed by atoms with E-state index >= 15 is 0 Å². The minimum absolute atomic E-state index is 0.123. The molecule has 2 aliphatic heterocycles. The van der Waals surface area contributed by atoms with E-state index in [1.807, 2.05) is 32.9 Å². The third kappa shape index (κ3) is 7.35. The molecule has 0 bridgehead atoms. The van der Waals surface area contributed by atoms with Crippen LogP contribution >= 0.6 is 0 Å². The van der Waals surface area contributed by atoms with Gasteiger partial charge in [-0.15, -0.1) is 0 Å². The highest BCUT2D eigenvalue weighted by Gasteiger charge is 2.28. The second kappa shape index (κ2) is 10.3. The quantitative estimate of drug-likeness (QED) is 0.528. The lowest BCUT2D eigenvalue weighted by Crippen LogP contribution is -2.46. The summed E-state index contributed by atoms with van der Waals surface area (Å²) in [7, 11) is 0.